The third kappa shape index (κ3) is 3.61. The van der Waals surface area contributed by atoms with Crippen LogP contribution in [0.25, 0.3) is 5.57 Å². The van der Waals surface area contributed by atoms with E-state index < -0.39 is 5.91 Å². The molecular weight excluding hydrogens is 405 g/mol. The van der Waals surface area contributed by atoms with Crippen LogP contribution < -0.4 is 4.90 Å². The van der Waals surface area contributed by atoms with E-state index in [1.165, 1.54) is 17.0 Å². The van der Waals surface area contributed by atoms with Gasteiger partial charge in [0, 0.05) is 31.2 Å². The van der Waals surface area contributed by atoms with Gasteiger partial charge in [-0.3, -0.25) is 9.59 Å². The lowest BCUT2D eigenvalue weighted by atomic mass is 10.0. The Bertz CT molecular complexity index is 1030. The number of likely N-dealkylation sites (N-methyl/N-ethyl adjacent to an activating group) is 1. The zero-order valence-corrected chi connectivity index (χ0v) is 17.7. The third-order valence-corrected chi connectivity index (χ3v) is 5.96. The molecule has 2 amide bonds. The molecule has 1 fully saturated rings. The number of amides is 2. The molecule has 1 saturated heterocycles. The Balaban J connectivity index is 1.79. The van der Waals surface area contributed by atoms with Crippen molar-refractivity contribution in [2.45, 2.75) is 13.8 Å². The summed E-state index contributed by atoms with van der Waals surface area (Å²) in [6.07, 6.45) is 0. The van der Waals surface area contributed by atoms with Crippen LogP contribution in [-0.4, -0.2) is 54.3 Å². The van der Waals surface area contributed by atoms with Crippen LogP contribution in [-0.2, 0) is 9.59 Å². The molecule has 0 atom stereocenters. The SMILES string of the molecule is CCN1CCN(C2=C(c3ccc(F)cc3)C(=O)N(c3ccc(Cl)cc3C)C2=O)CC1. The predicted molar refractivity (Wildman–Crippen MR) is 116 cm³/mol. The van der Waals surface area contributed by atoms with E-state index in [1.54, 1.807) is 30.3 Å². The lowest BCUT2D eigenvalue weighted by molar-refractivity contribution is -0.120. The smallest absolute Gasteiger partial charge is 0.282 e. The van der Waals surface area contributed by atoms with Crippen LogP contribution in [0.5, 0.6) is 0 Å². The fourth-order valence-corrected chi connectivity index (χ4v) is 4.29. The average molecular weight is 428 g/mol. The van der Waals surface area contributed by atoms with E-state index in [0.717, 1.165) is 25.2 Å². The number of benzene rings is 2. The Morgan fingerprint density at radius 2 is 1.63 bits per heavy atom. The first kappa shape index (κ1) is 20.6. The number of anilines is 1. The molecular formula is C23H23ClFN3O2. The van der Waals surface area contributed by atoms with Crippen LogP contribution in [0.3, 0.4) is 0 Å². The number of hydrogen-bond donors (Lipinski definition) is 0. The molecule has 156 valence electrons. The van der Waals surface area contributed by atoms with Crippen molar-refractivity contribution in [3.8, 4) is 0 Å². The summed E-state index contributed by atoms with van der Waals surface area (Å²) in [5, 5.41) is 0.540. The molecule has 0 saturated carbocycles. The van der Waals surface area contributed by atoms with Gasteiger partial charge >= 0.3 is 0 Å². The number of nitrogens with zero attached hydrogens (tertiary/aromatic N) is 3. The maximum atomic E-state index is 13.5. The van der Waals surface area contributed by atoms with Gasteiger partial charge in [-0.05, 0) is 54.9 Å². The maximum absolute atomic E-state index is 13.5. The number of rotatable bonds is 4. The van der Waals surface area contributed by atoms with Crippen molar-refractivity contribution >= 4 is 34.7 Å². The molecule has 0 unspecified atom stereocenters. The van der Waals surface area contributed by atoms with Crippen molar-refractivity contribution in [1.29, 1.82) is 0 Å². The minimum Gasteiger partial charge on any atom is -0.364 e. The summed E-state index contributed by atoms with van der Waals surface area (Å²) in [5.74, 6) is -1.14. The van der Waals surface area contributed by atoms with Crippen LogP contribution >= 0.6 is 11.6 Å². The number of hydrogen-bond acceptors (Lipinski definition) is 4. The Labute approximate surface area is 180 Å². The molecule has 2 aliphatic heterocycles. The topological polar surface area (TPSA) is 43.9 Å². The first-order valence-electron chi connectivity index (χ1n) is 10.0. The first-order valence-corrected chi connectivity index (χ1v) is 10.4. The highest BCUT2D eigenvalue weighted by Gasteiger charge is 2.43. The van der Waals surface area contributed by atoms with Gasteiger partial charge in [0.05, 0.1) is 11.3 Å². The molecule has 0 aliphatic carbocycles. The zero-order chi connectivity index (χ0) is 21.4. The van der Waals surface area contributed by atoms with Gasteiger partial charge in [-0.15, -0.1) is 0 Å². The molecule has 2 aromatic rings. The summed E-state index contributed by atoms with van der Waals surface area (Å²) in [5.41, 5.74) is 2.49. The summed E-state index contributed by atoms with van der Waals surface area (Å²) in [6, 6.07) is 10.8. The number of carbonyl (C=O) groups is 2. The van der Waals surface area contributed by atoms with E-state index >= 15 is 0 Å². The van der Waals surface area contributed by atoms with Gasteiger partial charge < -0.3 is 9.80 Å². The van der Waals surface area contributed by atoms with Crippen molar-refractivity contribution in [3.63, 3.8) is 0 Å². The van der Waals surface area contributed by atoms with Crippen LogP contribution in [0.2, 0.25) is 5.02 Å². The molecule has 7 heteroatoms. The quantitative estimate of drug-likeness (QED) is 0.698. The normalized spacial score (nSPS) is 18.0. The molecule has 2 aromatic carbocycles. The van der Waals surface area contributed by atoms with Gasteiger partial charge in [-0.2, -0.15) is 0 Å². The van der Waals surface area contributed by atoms with Crippen LogP contribution in [0, 0.1) is 12.7 Å². The summed E-state index contributed by atoms with van der Waals surface area (Å²) < 4.78 is 13.5. The van der Waals surface area contributed by atoms with E-state index in [1.807, 2.05) is 11.8 Å². The lowest BCUT2D eigenvalue weighted by Crippen LogP contribution is -2.47. The lowest BCUT2D eigenvalue weighted by Gasteiger charge is -2.36. The van der Waals surface area contributed by atoms with Crippen molar-refractivity contribution in [2.75, 3.05) is 37.6 Å². The number of piperazine rings is 1. The van der Waals surface area contributed by atoms with Gasteiger partial charge in [0.1, 0.15) is 11.5 Å². The van der Waals surface area contributed by atoms with Crippen LogP contribution in [0.15, 0.2) is 48.2 Å². The molecule has 0 bridgehead atoms. The molecule has 0 N–H and O–H groups in total. The molecule has 2 heterocycles. The average Bonchev–Trinajstić information content (AvgIpc) is 2.99. The molecule has 0 spiro atoms. The molecule has 2 aliphatic rings. The van der Waals surface area contributed by atoms with Gasteiger partial charge in [-0.25, -0.2) is 9.29 Å². The number of halogens is 2. The Morgan fingerprint density at radius 3 is 2.23 bits per heavy atom. The minimum absolute atomic E-state index is 0.319. The Hall–Kier alpha value is -2.70. The first-order chi connectivity index (χ1) is 14.4. The zero-order valence-electron chi connectivity index (χ0n) is 17.0. The molecule has 0 radical (unpaired) electrons. The second-order valence-electron chi connectivity index (χ2n) is 7.53. The molecule has 4 rings (SSSR count). The summed E-state index contributed by atoms with van der Waals surface area (Å²) in [7, 11) is 0. The number of carbonyl (C=O) groups excluding carboxylic acids is 2. The van der Waals surface area contributed by atoms with E-state index in [0.29, 0.717) is 40.6 Å². The summed E-state index contributed by atoms with van der Waals surface area (Å²) in [4.78, 5) is 32.5. The van der Waals surface area contributed by atoms with Crippen molar-refractivity contribution in [3.05, 3.63) is 70.1 Å². The van der Waals surface area contributed by atoms with E-state index in [-0.39, 0.29) is 11.7 Å². The van der Waals surface area contributed by atoms with Gasteiger partial charge in [0.2, 0.25) is 0 Å². The highest BCUT2D eigenvalue weighted by atomic mass is 35.5. The summed E-state index contributed by atoms with van der Waals surface area (Å²) >= 11 is 6.07. The molecule has 5 nitrogen and oxygen atoms in total. The van der Waals surface area contributed by atoms with Gasteiger partial charge in [-0.1, -0.05) is 30.7 Å². The van der Waals surface area contributed by atoms with Crippen molar-refractivity contribution in [2.24, 2.45) is 0 Å². The fraction of sp³-hybridized carbons (Fsp3) is 0.304. The minimum atomic E-state index is -0.398. The highest BCUT2D eigenvalue weighted by molar-refractivity contribution is 6.45. The predicted octanol–water partition coefficient (Wildman–Crippen LogP) is 3.71. The fourth-order valence-electron chi connectivity index (χ4n) is 4.06. The largest absolute Gasteiger partial charge is 0.364 e. The standard InChI is InChI=1S/C23H23ClFN3O2/c1-3-26-10-12-27(13-11-26)21-20(16-4-7-18(25)8-5-16)22(29)28(23(21)30)19-9-6-17(24)14-15(19)2/h4-9,14H,3,10-13H2,1-2H3. The van der Waals surface area contributed by atoms with Crippen LogP contribution in [0.4, 0.5) is 10.1 Å². The van der Waals surface area contributed by atoms with E-state index in [9.17, 15) is 14.0 Å². The highest BCUT2D eigenvalue weighted by Crippen LogP contribution is 2.37. The number of imide groups is 1. The van der Waals surface area contributed by atoms with E-state index in [4.69, 9.17) is 11.6 Å². The Kier molecular flexibility index (Phi) is 5.62. The van der Waals surface area contributed by atoms with Crippen LogP contribution in [0.1, 0.15) is 18.1 Å². The second-order valence-corrected chi connectivity index (χ2v) is 7.96. The van der Waals surface area contributed by atoms with Gasteiger partial charge in [0.15, 0.2) is 0 Å². The number of aryl methyl sites for hydroxylation is 1. The summed E-state index contributed by atoms with van der Waals surface area (Å²) in [6.45, 7) is 7.81. The van der Waals surface area contributed by atoms with Crippen molar-refractivity contribution in [1.82, 2.24) is 9.80 Å². The van der Waals surface area contributed by atoms with Gasteiger partial charge in [0.25, 0.3) is 11.8 Å². The molecule has 0 aromatic heterocycles. The Morgan fingerprint density at radius 1 is 0.967 bits per heavy atom. The molecule has 30 heavy (non-hydrogen) atoms. The maximum Gasteiger partial charge on any atom is 0.282 e. The second kappa shape index (κ2) is 8.20. The van der Waals surface area contributed by atoms with E-state index in [2.05, 4.69) is 11.8 Å². The third-order valence-electron chi connectivity index (χ3n) is 5.73. The van der Waals surface area contributed by atoms with Crippen molar-refractivity contribution < 1.29 is 14.0 Å². The monoisotopic (exact) mass is 427 g/mol.